The van der Waals surface area contributed by atoms with Crippen molar-refractivity contribution >= 4 is 5.97 Å². The van der Waals surface area contributed by atoms with Crippen LogP contribution < -0.4 is 0 Å². The van der Waals surface area contributed by atoms with Crippen molar-refractivity contribution in [3.63, 3.8) is 0 Å². The molecule has 0 amide bonds. The van der Waals surface area contributed by atoms with Crippen LogP contribution in [0.5, 0.6) is 23.0 Å². The summed E-state index contributed by atoms with van der Waals surface area (Å²) in [5.41, 5.74) is 8.60. The summed E-state index contributed by atoms with van der Waals surface area (Å²) in [6.45, 7) is 34.8. The molecule has 3 unspecified atom stereocenters. The number of aromatic hydroxyl groups is 4. The molecule has 328 valence electrons. The minimum absolute atomic E-state index is 0.158. The number of phenolic OH excluding ortho intramolecular Hbond substituents is 4. The largest absolute Gasteiger partial charge is 0.507 e. The number of aryl methyl sites for hydroxylation is 4. The SMILES string of the molecule is CCC(=O)OC(c1cc(C)c(O)c(C(C)(C)C)c1)C(COCC(Cc1cc(C)c(O)c(C(C)(C)C)c1)c1cc(C)c(O)c(C(C)(C)C)c1)c1cc(C)c(O)c(C(C)(C)C)c1. The molecule has 0 heterocycles. The number of phenols is 4. The van der Waals surface area contributed by atoms with Crippen LogP contribution >= 0.6 is 0 Å². The van der Waals surface area contributed by atoms with E-state index in [4.69, 9.17) is 9.47 Å². The molecule has 0 fully saturated rings. The van der Waals surface area contributed by atoms with E-state index in [0.29, 0.717) is 35.7 Å². The lowest BCUT2D eigenvalue weighted by atomic mass is 9.79. The summed E-state index contributed by atoms with van der Waals surface area (Å²) in [5.74, 6) is 0.0313. The minimum Gasteiger partial charge on any atom is -0.507 e. The van der Waals surface area contributed by atoms with Gasteiger partial charge >= 0.3 is 5.97 Å². The summed E-state index contributed by atoms with van der Waals surface area (Å²) in [7, 11) is 0. The Morgan fingerprint density at radius 3 is 1.32 bits per heavy atom. The van der Waals surface area contributed by atoms with E-state index in [2.05, 4.69) is 74.4 Å². The van der Waals surface area contributed by atoms with Gasteiger partial charge in [0.15, 0.2) is 0 Å². The lowest BCUT2D eigenvalue weighted by Gasteiger charge is -2.32. The molecule has 0 radical (unpaired) electrons. The molecule has 0 aromatic heterocycles. The van der Waals surface area contributed by atoms with E-state index >= 15 is 0 Å². The lowest BCUT2D eigenvalue weighted by molar-refractivity contribution is -0.151. The Morgan fingerprint density at radius 1 is 0.517 bits per heavy atom. The number of rotatable bonds is 12. The molecule has 3 atom stereocenters. The van der Waals surface area contributed by atoms with Crippen molar-refractivity contribution in [3.05, 3.63) is 115 Å². The predicted molar refractivity (Wildman–Crippen MR) is 245 cm³/mol. The molecule has 7 heteroatoms. The Morgan fingerprint density at radius 2 is 0.883 bits per heavy atom. The Bertz CT molecular complexity index is 2180. The Balaban J connectivity index is 1.94. The second kappa shape index (κ2) is 17.8. The van der Waals surface area contributed by atoms with Crippen LogP contribution in [-0.2, 0) is 42.3 Å². The van der Waals surface area contributed by atoms with E-state index in [1.807, 2.05) is 84.9 Å². The van der Waals surface area contributed by atoms with Gasteiger partial charge in [-0.1, -0.05) is 126 Å². The van der Waals surface area contributed by atoms with Gasteiger partial charge in [-0.2, -0.15) is 0 Å². The molecule has 7 nitrogen and oxygen atoms in total. The molecule has 0 aliphatic carbocycles. The fraction of sp³-hybridized carbons (Fsp3) is 0.528. The monoisotopic (exact) mass is 823 g/mol. The first kappa shape index (κ1) is 48.2. The van der Waals surface area contributed by atoms with E-state index in [-0.39, 0.29) is 52.7 Å². The smallest absolute Gasteiger partial charge is 0.306 e. The number of carbonyl (C=O) groups is 1. The Hall–Kier alpha value is -4.49. The maximum atomic E-state index is 13.4. The Kier molecular flexibility index (Phi) is 14.3. The topological polar surface area (TPSA) is 116 Å². The number of carbonyl (C=O) groups excluding carboxylic acids is 1. The van der Waals surface area contributed by atoms with Gasteiger partial charge in [-0.05, 0) is 135 Å². The molecule has 4 rings (SSSR count). The zero-order valence-corrected chi connectivity index (χ0v) is 39.7. The van der Waals surface area contributed by atoms with Crippen molar-refractivity contribution < 1.29 is 34.7 Å². The first-order chi connectivity index (χ1) is 27.4. The summed E-state index contributed by atoms with van der Waals surface area (Å²) in [4.78, 5) is 13.4. The highest BCUT2D eigenvalue weighted by molar-refractivity contribution is 5.69. The average Bonchev–Trinajstić information content (AvgIpc) is 3.11. The summed E-state index contributed by atoms with van der Waals surface area (Å²) >= 11 is 0. The second-order valence-electron chi connectivity index (χ2n) is 21.3. The first-order valence-corrected chi connectivity index (χ1v) is 21.6. The van der Waals surface area contributed by atoms with Crippen LogP contribution in [0.3, 0.4) is 0 Å². The zero-order valence-electron chi connectivity index (χ0n) is 39.7. The van der Waals surface area contributed by atoms with E-state index in [9.17, 15) is 25.2 Å². The van der Waals surface area contributed by atoms with Gasteiger partial charge in [0.2, 0.25) is 0 Å². The number of hydrogen-bond acceptors (Lipinski definition) is 7. The maximum absolute atomic E-state index is 13.4. The summed E-state index contributed by atoms with van der Waals surface area (Å²) in [6, 6.07) is 16.1. The molecule has 0 aliphatic rings. The van der Waals surface area contributed by atoms with Crippen molar-refractivity contribution in [1.29, 1.82) is 0 Å². The van der Waals surface area contributed by atoms with Gasteiger partial charge < -0.3 is 29.9 Å². The van der Waals surface area contributed by atoms with Crippen LogP contribution in [-0.4, -0.2) is 39.6 Å². The van der Waals surface area contributed by atoms with Gasteiger partial charge in [0.1, 0.15) is 29.1 Å². The summed E-state index contributed by atoms with van der Waals surface area (Å²) in [5, 5.41) is 45.0. The molecular formula is C53H74O7. The van der Waals surface area contributed by atoms with E-state index in [0.717, 1.165) is 55.6 Å². The zero-order chi connectivity index (χ0) is 45.4. The van der Waals surface area contributed by atoms with Crippen molar-refractivity contribution in [2.75, 3.05) is 13.2 Å². The molecule has 0 saturated heterocycles. The van der Waals surface area contributed by atoms with Crippen molar-refractivity contribution in [2.24, 2.45) is 0 Å². The third-order valence-electron chi connectivity index (χ3n) is 11.8. The fourth-order valence-electron chi connectivity index (χ4n) is 8.16. The van der Waals surface area contributed by atoms with Gasteiger partial charge in [-0.3, -0.25) is 4.79 Å². The van der Waals surface area contributed by atoms with Crippen LogP contribution in [0.15, 0.2) is 48.5 Å². The standard InChI is InChI=1S/C53H74O7/c1-18-44(54)60-49(37-22-33(5)48(58)43(27-37)53(15,16)17)39(36-21-32(4)47(57)42(26-36)52(12,13)14)29-59-28-38(35-20-31(3)46(56)41(25-35)51(9,10)11)23-34-19-30(2)45(55)40(24-34)50(6,7)8/h19-22,24-27,38-39,49,55-58H,18,23,28-29H2,1-17H3. The normalized spacial score (nSPS) is 14.2. The fourth-order valence-corrected chi connectivity index (χ4v) is 8.16. The molecule has 0 bridgehead atoms. The average molecular weight is 823 g/mol. The van der Waals surface area contributed by atoms with Crippen LogP contribution in [0.25, 0.3) is 0 Å². The Labute approximate surface area is 361 Å². The number of hydrogen-bond donors (Lipinski definition) is 4. The van der Waals surface area contributed by atoms with Gasteiger partial charge in [-0.25, -0.2) is 0 Å². The highest BCUT2D eigenvalue weighted by atomic mass is 16.5. The van der Waals surface area contributed by atoms with E-state index in [1.165, 1.54) is 0 Å². The summed E-state index contributed by atoms with van der Waals surface area (Å²) < 4.78 is 13.4. The second-order valence-corrected chi connectivity index (χ2v) is 21.3. The number of benzene rings is 4. The maximum Gasteiger partial charge on any atom is 0.306 e. The molecule has 0 saturated carbocycles. The first-order valence-electron chi connectivity index (χ1n) is 21.6. The predicted octanol–water partition coefficient (Wildman–Crippen LogP) is 12.8. The van der Waals surface area contributed by atoms with Crippen LogP contribution in [0, 0.1) is 27.7 Å². The third kappa shape index (κ3) is 11.1. The molecule has 0 aliphatic heterocycles. The van der Waals surface area contributed by atoms with Crippen molar-refractivity contribution in [2.45, 2.75) is 170 Å². The van der Waals surface area contributed by atoms with Crippen molar-refractivity contribution in [3.8, 4) is 23.0 Å². The number of esters is 1. The minimum atomic E-state index is -0.787. The molecule has 4 aromatic rings. The molecule has 4 N–H and O–H groups in total. The molecule has 60 heavy (non-hydrogen) atoms. The van der Waals surface area contributed by atoms with Crippen molar-refractivity contribution in [1.82, 2.24) is 0 Å². The third-order valence-corrected chi connectivity index (χ3v) is 11.8. The van der Waals surface area contributed by atoms with Crippen LogP contribution in [0.4, 0.5) is 0 Å². The number of ether oxygens (including phenoxy) is 2. The summed E-state index contributed by atoms with van der Waals surface area (Å²) in [6.07, 6.45) is -0.00317. The van der Waals surface area contributed by atoms with Gasteiger partial charge in [0, 0.05) is 18.3 Å². The highest BCUT2D eigenvalue weighted by Gasteiger charge is 2.34. The van der Waals surface area contributed by atoms with Gasteiger partial charge in [0.25, 0.3) is 0 Å². The molecule has 4 aromatic carbocycles. The van der Waals surface area contributed by atoms with Crippen LogP contribution in [0.1, 0.15) is 181 Å². The van der Waals surface area contributed by atoms with E-state index in [1.54, 1.807) is 6.92 Å². The molecule has 0 spiro atoms. The molecular weight excluding hydrogens is 749 g/mol. The van der Waals surface area contributed by atoms with E-state index < -0.39 is 17.4 Å². The van der Waals surface area contributed by atoms with Crippen LogP contribution in [0.2, 0.25) is 0 Å². The highest BCUT2D eigenvalue weighted by Crippen LogP contribution is 2.45. The quantitative estimate of drug-likeness (QED) is 0.105. The lowest BCUT2D eigenvalue weighted by Crippen LogP contribution is -2.25. The van der Waals surface area contributed by atoms with Gasteiger partial charge in [0.05, 0.1) is 13.2 Å². The van der Waals surface area contributed by atoms with Gasteiger partial charge in [-0.15, -0.1) is 0 Å².